The minimum absolute atomic E-state index is 0.114. The van der Waals surface area contributed by atoms with Crippen molar-refractivity contribution in [3.8, 4) is 5.75 Å². The molecule has 0 aliphatic carbocycles. The van der Waals surface area contributed by atoms with Crippen LogP contribution in [0.2, 0.25) is 0 Å². The number of hydrogen-bond donors (Lipinski definition) is 1. The Morgan fingerprint density at radius 3 is 2.41 bits per heavy atom. The Morgan fingerprint density at radius 1 is 0.966 bits per heavy atom. The molecule has 3 aromatic carbocycles. The number of ether oxygens (including phenoxy) is 1. The average Bonchev–Trinajstić information content (AvgIpc) is 2.75. The zero-order chi connectivity index (χ0) is 20.3. The van der Waals surface area contributed by atoms with E-state index in [4.69, 9.17) is 4.74 Å². The molecule has 1 amide bonds. The van der Waals surface area contributed by atoms with E-state index in [0.717, 1.165) is 27.1 Å². The first-order valence-electron chi connectivity index (χ1n) is 9.10. The Balaban J connectivity index is 1.37. The van der Waals surface area contributed by atoms with Gasteiger partial charge in [0.25, 0.3) is 0 Å². The van der Waals surface area contributed by atoms with E-state index in [0.29, 0.717) is 12.4 Å². The zero-order valence-corrected chi connectivity index (χ0v) is 18.2. The quantitative estimate of drug-likeness (QED) is 0.337. The number of nitrogens with one attached hydrogen (secondary N) is 1. The van der Waals surface area contributed by atoms with Crippen molar-refractivity contribution in [2.24, 2.45) is 5.10 Å². The fourth-order valence-corrected chi connectivity index (χ4v) is 3.49. The van der Waals surface area contributed by atoms with Gasteiger partial charge in [-0.05, 0) is 53.1 Å². The fraction of sp³-hybridized carbons (Fsp3) is 0.130. The number of carbonyl (C=O) groups is 1. The highest BCUT2D eigenvalue weighted by Crippen LogP contribution is 2.15. The number of nitrogens with zero attached hydrogens (tertiary/aromatic N) is 1. The third-order valence-corrected chi connectivity index (χ3v) is 5.48. The van der Waals surface area contributed by atoms with Crippen molar-refractivity contribution in [3.05, 3.63) is 100 Å². The molecule has 0 heterocycles. The molecule has 0 spiro atoms. The predicted octanol–water partition coefficient (Wildman–Crippen LogP) is 5.41. The molecule has 0 radical (unpaired) electrons. The third-order valence-electron chi connectivity index (χ3n) is 3.95. The van der Waals surface area contributed by atoms with Gasteiger partial charge in [0.2, 0.25) is 5.91 Å². The number of benzene rings is 3. The maximum absolute atomic E-state index is 11.8. The van der Waals surface area contributed by atoms with Crippen LogP contribution in [0.4, 0.5) is 0 Å². The molecule has 3 aromatic rings. The Bertz CT molecular complexity index is 929. The van der Waals surface area contributed by atoms with Crippen molar-refractivity contribution in [2.45, 2.75) is 12.4 Å². The van der Waals surface area contributed by atoms with Crippen LogP contribution in [-0.4, -0.2) is 17.9 Å². The lowest BCUT2D eigenvalue weighted by Crippen LogP contribution is -2.19. The third kappa shape index (κ3) is 7.75. The van der Waals surface area contributed by atoms with Crippen LogP contribution in [0.1, 0.15) is 16.7 Å². The molecule has 0 bridgehead atoms. The second-order valence-corrected chi connectivity index (χ2v) is 8.16. The molecular weight excluding hydrogens is 448 g/mol. The molecular formula is C23H21BrN2O2S. The molecule has 0 saturated carbocycles. The van der Waals surface area contributed by atoms with Gasteiger partial charge in [0.15, 0.2) is 0 Å². The van der Waals surface area contributed by atoms with Crippen molar-refractivity contribution in [1.29, 1.82) is 0 Å². The first-order chi connectivity index (χ1) is 14.2. The van der Waals surface area contributed by atoms with Crippen LogP contribution < -0.4 is 10.2 Å². The van der Waals surface area contributed by atoms with Crippen molar-refractivity contribution in [2.75, 3.05) is 5.75 Å². The zero-order valence-electron chi connectivity index (χ0n) is 15.8. The van der Waals surface area contributed by atoms with Crippen LogP contribution >= 0.6 is 27.7 Å². The molecule has 0 aliphatic rings. The van der Waals surface area contributed by atoms with Gasteiger partial charge in [-0.15, -0.1) is 11.8 Å². The van der Waals surface area contributed by atoms with Crippen LogP contribution in [0.5, 0.6) is 5.75 Å². The summed E-state index contributed by atoms with van der Waals surface area (Å²) in [6.07, 6.45) is 1.62. The summed E-state index contributed by atoms with van der Waals surface area (Å²) < 4.78 is 6.83. The Labute approximate surface area is 183 Å². The summed E-state index contributed by atoms with van der Waals surface area (Å²) in [6.45, 7) is 0.511. The van der Waals surface area contributed by atoms with Gasteiger partial charge in [0, 0.05) is 10.2 Å². The van der Waals surface area contributed by atoms with E-state index in [-0.39, 0.29) is 5.91 Å². The Morgan fingerprint density at radius 2 is 1.69 bits per heavy atom. The summed E-state index contributed by atoms with van der Waals surface area (Å²) >= 11 is 4.98. The van der Waals surface area contributed by atoms with Crippen LogP contribution in [0.25, 0.3) is 0 Å². The van der Waals surface area contributed by atoms with Gasteiger partial charge < -0.3 is 4.74 Å². The van der Waals surface area contributed by atoms with Crippen LogP contribution in [-0.2, 0) is 17.2 Å². The Kier molecular flexibility index (Phi) is 8.34. The summed E-state index contributed by atoms with van der Waals surface area (Å²) in [5, 5.41) is 4.02. The topological polar surface area (TPSA) is 50.7 Å². The van der Waals surface area contributed by atoms with Crippen LogP contribution in [0.15, 0.2) is 88.4 Å². The van der Waals surface area contributed by atoms with E-state index in [1.807, 2.05) is 66.7 Å². The summed E-state index contributed by atoms with van der Waals surface area (Å²) in [5.41, 5.74) is 5.75. The van der Waals surface area contributed by atoms with E-state index in [2.05, 4.69) is 38.6 Å². The first-order valence-corrected chi connectivity index (χ1v) is 11.0. The second-order valence-electron chi connectivity index (χ2n) is 6.26. The largest absolute Gasteiger partial charge is 0.489 e. The lowest BCUT2D eigenvalue weighted by Gasteiger charge is -2.06. The SMILES string of the molecule is O=C(CSCc1ccccc1)NN=Cc1ccc(OCc2ccc(Br)cc2)cc1. The summed E-state index contributed by atoms with van der Waals surface area (Å²) in [4.78, 5) is 11.8. The highest BCUT2D eigenvalue weighted by atomic mass is 79.9. The number of halogens is 1. The maximum Gasteiger partial charge on any atom is 0.250 e. The maximum atomic E-state index is 11.8. The van der Waals surface area contributed by atoms with Crippen LogP contribution in [0, 0.1) is 0 Å². The van der Waals surface area contributed by atoms with Gasteiger partial charge in [-0.2, -0.15) is 5.10 Å². The van der Waals surface area contributed by atoms with Crippen molar-refractivity contribution < 1.29 is 9.53 Å². The van der Waals surface area contributed by atoms with E-state index in [1.165, 1.54) is 5.56 Å². The molecule has 0 saturated heterocycles. The summed E-state index contributed by atoms with van der Waals surface area (Å²) in [5.74, 6) is 1.84. The number of thioether (sulfide) groups is 1. The number of hydrazone groups is 1. The van der Waals surface area contributed by atoms with Crippen LogP contribution in [0.3, 0.4) is 0 Å². The fourth-order valence-electron chi connectivity index (χ4n) is 2.44. The minimum Gasteiger partial charge on any atom is -0.489 e. The average molecular weight is 469 g/mol. The molecule has 1 N–H and O–H groups in total. The van der Waals surface area contributed by atoms with Crippen molar-refractivity contribution in [1.82, 2.24) is 5.43 Å². The highest BCUT2D eigenvalue weighted by Gasteiger charge is 2.01. The van der Waals surface area contributed by atoms with Gasteiger partial charge in [0.1, 0.15) is 12.4 Å². The van der Waals surface area contributed by atoms with E-state index in [9.17, 15) is 4.79 Å². The number of amides is 1. The minimum atomic E-state index is -0.114. The molecule has 3 rings (SSSR count). The number of carbonyl (C=O) groups excluding carboxylic acids is 1. The Hall–Kier alpha value is -2.57. The normalized spacial score (nSPS) is 10.8. The van der Waals surface area contributed by atoms with E-state index >= 15 is 0 Å². The highest BCUT2D eigenvalue weighted by molar-refractivity contribution is 9.10. The lowest BCUT2D eigenvalue weighted by molar-refractivity contribution is -0.118. The summed E-state index contributed by atoms with van der Waals surface area (Å²) in [7, 11) is 0. The molecule has 0 unspecified atom stereocenters. The predicted molar refractivity (Wildman–Crippen MR) is 123 cm³/mol. The van der Waals surface area contributed by atoms with Crippen molar-refractivity contribution in [3.63, 3.8) is 0 Å². The molecule has 0 fully saturated rings. The molecule has 148 valence electrons. The number of rotatable bonds is 9. The standard InChI is InChI=1S/C23H21BrN2O2S/c24-21-10-6-19(7-11-21)15-28-22-12-8-18(9-13-22)14-25-26-23(27)17-29-16-20-4-2-1-3-5-20/h1-14H,15-17H2,(H,26,27). The molecule has 0 aliphatic heterocycles. The van der Waals surface area contributed by atoms with Gasteiger partial charge in [-0.3, -0.25) is 4.79 Å². The monoisotopic (exact) mass is 468 g/mol. The lowest BCUT2D eigenvalue weighted by atomic mass is 10.2. The second kappa shape index (κ2) is 11.4. The van der Waals surface area contributed by atoms with Gasteiger partial charge in [-0.25, -0.2) is 5.43 Å². The molecule has 6 heteroatoms. The van der Waals surface area contributed by atoms with E-state index in [1.54, 1.807) is 18.0 Å². The van der Waals surface area contributed by atoms with Gasteiger partial charge >= 0.3 is 0 Å². The molecule has 29 heavy (non-hydrogen) atoms. The number of hydrogen-bond acceptors (Lipinski definition) is 4. The molecule has 0 aromatic heterocycles. The van der Waals surface area contributed by atoms with E-state index < -0.39 is 0 Å². The van der Waals surface area contributed by atoms with Gasteiger partial charge in [0.05, 0.1) is 12.0 Å². The molecule has 0 atom stereocenters. The summed E-state index contributed by atoms with van der Waals surface area (Å²) in [6, 6.07) is 25.7. The van der Waals surface area contributed by atoms with Gasteiger partial charge in [-0.1, -0.05) is 58.4 Å². The molecule has 4 nitrogen and oxygen atoms in total. The first kappa shape index (κ1) is 21.1. The smallest absolute Gasteiger partial charge is 0.250 e. The van der Waals surface area contributed by atoms with Crippen molar-refractivity contribution >= 4 is 39.8 Å².